The van der Waals surface area contributed by atoms with Crippen molar-refractivity contribution < 1.29 is 9.21 Å². The first-order valence-corrected chi connectivity index (χ1v) is 10.3. The number of nitrogens with one attached hydrogen (secondary N) is 1. The van der Waals surface area contributed by atoms with Crippen LogP contribution in [0, 0.1) is 6.92 Å². The molecule has 3 heterocycles. The van der Waals surface area contributed by atoms with Gasteiger partial charge in [0.05, 0.1) is 12.4 Å². The van der Waals surface area contributed by atoms with Crippen molar-refractivity contribution in [1.29, 1.82) is 0 Å². The van der Waals surface area contributed by atoms with Crippen LogP contribution < -0.4 is 5.32 Å². The largest absolute Gasteiger partial charge is 0.424 e. The summed E-state index contributed by atoms with van der Waals surface area (Å²) in [7, 11) is 1.79. The van der Waals surface area contributed by atoms with E-state index in [-0.39, 0.29) is 11.9 Å². The van der Waals surface area contributed by atoms with Gasteiger partial charge >= 0.3 is 0 Å². The van der Waals surface area contributed by atoms with Gasteiger partial charge in [0.2, 0.25) is 0 Å². The molecular weight excluding hydrogens is 394 g/mol. The van der Waals surface area contributed by atoms with Gasteiger partial charge in [-0.15, -0.1) is 4.80 Å². The number of amides is 1. The lowest BCUT2D eigenvalue weighted by atomic mass is 10.1. The average molecular weight is 419 g/mol. The van der Waals surface area contributed by atoms with E-state index in [2.05, 4.69) is 32.4 Å². The number of aryl methyl sites for hydroxylation is 1. The molecule has 160 valence electrons. The van der Waals surface area contributed by atoms with E-state index in [1.807, 2.05) is 43.3 Å². The number of aromatic nitrogens is 5. The number of rotatable bonds is 8. The summed E-state index contributed by atoms with van der Waals surface area (Å²) in [5, 5.41) is 11.6. The van der Waals surface area contributed by atoms with Gasteiger partial charge in [0.15, 0.2) is 11.3 Å². The Morgan fingerprint density at radius 2 is 1.94 bits per heavy atom. The molecule has 0 saturated carbocycles. The van der Waals surface area contributed by atoms with Gasteiger partial charge in [0.25, 0.3) is 11.9 Å². The van der Waals surface area contributed by atoms with Gasteiger partial charge in [0.1, 0.15) is 11.2 Å². The number of oxazole rings is 1. The number of hydrogen-bond acceptors (Lipinski definition) is 7. The van der Waals surface area contributed by atoms with E-state index in [1.165, 1.54) is 4.80 Å². The third-order valence-electron chi connectivity index (χ3n) is 5.12. The molecule has 3 aromatic heterocycles. The molecule has 1 aromatic carbocycles. The summed E-state index contributed by atoms with van der Waals surface area (Å²) < 4.78 is 5.75. The summed E-state index contributed by atoms with van der Waals surface area (Å²) in [6.45, 7) is 4.45. The summed E-state index contributed by atoms with van der Waals surface area (Å²) >= 11 is 0. The van der Waals surface area contributed by atoms with Crippen LogP contribution in [-0.4, -0.2) is 55.4 Å². The maximum atomic E-state index is 13.4. The van der Waals surface area contributed by atoms with Gasteiger partial charge in [-0.3, -0.25) is 4.79 Å². The number of hydrogen-bond donors (Lipinski definition) is 1. The van der Waals surface area contributed by atoms with E-state index in [0.29, 0.717) is 23.9 Å². The Morgan fingerprint density at radius 1 is 1.16 bits per heavy atom. The van der Waals surface area contributed by atoms with Gasteiger partial charge in [-0.25, -0.2) is 4.98 Å². The van der Waals surface area contributed by atoms with E-state index in [4.69, 9.17) is 4.42 Å². The fourth-order valence-electron chi connectivity index (χ4n) is 3.46. The second-order valence-corrected chi connectivity index (χ2v) is 7.37. The number of fused-ring (bicyclic) bond motifs is 1. The lowest BCUT2D eigenvalue weighted by Crippen LogP contribution is -2.42. The fourth-order valence-corrected chi connectivity index (χ4v) is 3.46. The van der Waals surface area contributed by atoms with E-state index < -0.39 is 0 Å². The van der Waals surface area contributed by atoms with Crippen molar-refractivity contribution in [2.45, 2.75) is 32.7 Å². The lowest BCUT2D eigenvalue weighted by molar-refractivity contribution is 0.0725. The smallest absolute Gasteiger partial charge is 0.295 e. The van der Waals surface area contributed by atoms with Crippen molar-refractivity contribution in [3.8, 4) is 5.69 Å². The predicted molar refractivity (Wildman–Crippen MR) is 117 cm³/mol. The molecule has 0 aliphatic heterocycles. The standard InChI is InChI=1S/C22H25N7O2/c1-4-7-16(14-23-22-27-17-8-5-6-9-19(17)31-22)28(3)21(30)20-18(11-10-15(2)26-20)29-24-12-13-25-29/h5-6,8-13,16H,4,7,14H2,1-3H3,(H,23,27)/t16-/m0/s1. The molecule has 0 bridgehead atoms. The van der Waals surface area contributed by atoms with Crippen molar-refractivity contribution in [3.63, 3.8) is 0 Å². The number of likely N-dealkylation sites (N-methyl/N-ethyl adjacent to an activating group) is 1. The van der Waals surface area contributed by atoms with Crippen LogP contribution in [0.25, 0.3) is 16.8 Å². The highest BCUT2D eigenvalue weighted by Crippen LogP contribution is 2.20. The Balaban J connectivity index is 1.54. The Kier molecular flexibility index (Phi) is 5.92. The average Bonchev–Trinajstić information content (AvgIpc) is 3.45. The molecule has 0 aliphatic carbocycles. The Labute approximate surface area is 180 Å². The monoisotopic (exact) mass is 419 g/mol. The van der Waals surface area contributed by atoms with Crippen LogP contribution in [-0.2, 0) is 0 Å². The molecule has 31 heavy (non-hydrogen) atoms. The van der Waals surface area contributed by atoms with Crippen molar-refractivity contribution in [3.05, 3.63) is 60.2 Å². The number of anilines is 1. The predicted octanol–water partition coefficient (Wildman–Crippen LogP) is 3.46. The first-order valence-electron chi connectivity index (χ1n) is 10.3. The molecule has 0 aliphatic rings. The molecule has 1 amide bonds. The van der Waals surface area contributed by atoms with Crippen LogP contribution in [0.1, 0.15) is 35.9 Å². The highest BCUT2D eigenvalue weighted by molar-refractivity contribution is 5.95. The number of carbonyl (C=O) groups is 1. The first-order chi connectivity index (χ1) is 15.1. The molecule has 0 saturated heterocycles. The van der Waals surface area contributed by atoms with Crippen molar-refractivity contribution in [1.82, 2.24) is 29.9 Å². The fraction of sp³-hybridized carbons (Fsp3) is 0.318. The second-order valence-electron chi connectivity index (χ2n) is 7.37. The Bertz CT molecular complexity index is 1140. The van der Waals surface area contributed by atoms with Gasteiger partial charge < -0.3 is 14.6 Å². The summed E-state index contributed by atoms with van der Waals surface area (Å²) in [4.78, 5) is 25.5. The third kappa shape index (κ3) is 4.40. The highest BCUT2D eigenvalue weighted by Gasteiger charge is 2.25. The normalized spacial score (nSPS) is 12.1. The zero-order valence-corrected chi connectivity index (χ0v) is 17.8. The van der Waals surface area contributed by atoms with E-state index >= 15 is 0 Å². The van der Waals surface area contributed by atoms with Crippen molar-refractivity contribution >= 4 is 23.0 Å². The molecule has 4 rings (SSSR count). The molecule has 0 radical (unpaired) electrons. The SMILES string of the molecule is CCC[C@@H](CNc1nc2ccccc2o1)N(C)C(=O)c1nc(C)ccc1-n1nccn1. The van der Waals surface area contributed by atoms with E-state index in [1.54, 1.807) is 24.3 Å². The molecular formula is C22H25N7O2. The molecule has 0 fully saturated rings. The van der Waals surface area contributed by atoms with E-state index in [9.17, 15) is 4.79 Å². The van der Waals surface area contributed by atoms with Crippen molar-refractivity contribution in [2.75, 3.05) is 18.9 Å². The minimum absolute atomic E-state index is 0.0757. The summed E-state index contributed by atoms with van der Waals surface area (Å²) in [6.07, 6.45) is 4.88. The summed E-state index contributed by atoms with van der Waals surface area (Å²) in [5.41, 5.74) is 3.14. The highest BCUT2D eigenvalue weighted by atomic mass is 16.4. The van der Waals surface area contributed by atoms with Gasteiger partial charge in [-0.05, 0) is 37.6 Å². The molecule has 9 nitrogen and oxygen atoms in total. The lowest BCUT2D eigenvalue weighted by Gasteiger charge is -2.28. The van der Waals surface area contributed by atoms with Crippen LogP contribution in [0.5, 0.6) is 0 Å². The Hall–Kier alpha value is -3.75. The summed E-state index contributed by atoms with van der Waals surface area (Å²) in [6, 6.07) is 11.6. The molecule has 9 heteroatoms. The quantitative estimate of drug-likeness (QED) is 0.466. The zero-order chi connectivity index (χ0) is 21.8. The topological polar surface area (TPSA) is 102 Å². The minimum Gasteiger partial charge on any atom is -0.424 e. The zero-order valence-electron chi connectivity index (χ0n) is 17.8. The number of para-hydroxylation sites is 2. The third-order valence-corrected chi connectivity index (χ3v) is 5.12. The molecule has 1 atom stereocenters. The minimum atomic E-state index is -0.186. The maximum Gasteiger partial charge on any atom is 0.295 e. The molecule has 0 spiro atoms. The van der Waals surface area contributed by atoms with Gasteiger partial charge in [-0.1, -0.05) is 25.5 Å². The second kappa shape index (κ2) is 8.95. The van der Waals surface area contributed by atoms with Crippen LogP contribution >= 0.6 is 0 Å². The van der Waals surface area contributed by atoms with Gasteiger partial charge in [-0.2, -0.15) is 15.2 Å². The molecule has 1 N–H and O–H groups in total. The number of carbonyl (C=O) groups excluding carboxylic acids is 1. The van der Waals surface area contributed by atoms with Crippen molar-refractivity contribution in [2.24, 2.45) is 0 Å². The number of nitrogens with zero attached hydrogens (tertiary/aromatic N) is 6. The molecule has 0 unspecified atom stereocenters. The number of pyridine rings is 1. The van der Waals surface area contributed by atoms with Crippen LogP contribution in [0.3, 0.4) is 0 Å². The van der Waals surface area contributed by atoms with E-state index in [0.717, 1.165) is 29.6 Å². The Morgan fingerprint density at radius 3 is 2.68 bits per heavy atom. The number of benzene rings is 1. The maximum absolute atomic E-state index is 13.4. The van der Waals surface area contributed by atoms with Crippen LogP contribution in [0.4, 0.5) is 6.01 Å². The van der Waals surface area contributed by atoms with Gasteiger partial charge in [0, 0.05) is 25.3 Å². The first kappa shape index (κ1) is 20.5. The summed E-state index contributed by atoms with van der Waals surface area (Å²) in [5.74, 6) is -0.186. The van der Waals surface area contributed by atoms with Crippen LogP contribution in [0.2, 0.25) is 0 Å². The molecule has 4 aromatic rings. The van der Waals surface area contributed by atoms with Crippen LogP contribution in [0.15, 0.2) is 53.2 Å².